The molecule has 2 aliphatic heterocycles. The summed E-state index contributed by atoms with van der Waals surface area (Å²) in [6.45, 7) is 0.803. The fourth-order valence-corrected chi connectivity index (χ4v) is 3.92. The maximum atomic E-state index is 14.0. The van der Waals surface area contributed by atoms with Gasteiger partial charge in [-0.15, -0.1) is 12.4 Å². The topological polar surface area (TPSA) is 45.2 Å². The Hall–Kier alpha value is -1.98. The molecule has 0 bridgehead atoms. The lowest BCUT2D eigenvalue weighted by Crippen LogP contribution is -2.47. The normalized spacial score (nSPS) is 25.4. The van der Waals surface area contributed by atoms with Gasteiger partial charge in [0.15, 0.2) is 0 Å². The van der Waals surface area contributed by atoms with Crippen molar-refractivity contribution in [2.24, 2.45) is 0 Å². The molecule has 2 fully saturated rings. The molecular formula is C19H21ClFN3O. The number of carbonyl (C=O) groups excluding carboxylic acids is 1. The molecule has 1 aromatic carbocycles. The lowest BCUT2D eigenvalue weighted by Gasteiger charge is -2.23. The first-order valence-corrected chi connectivity index (χ1v) is 8.33. The van der Waals surface area contributed by atoms with Crippen LogP contribution in [0.4, 0.5) is 4.39 Å². The number of pyridine rings is 1. The quantitative estimate of drug-likeness (QED) is 0.892. The second kappa shape index (κ2) is 6.73. The van der Waals surface area contributed by atoms with Gasteiger partial charge in [-0.05, 0) is 43.0 Å². The summed E-state index contributed by atoms with van der Waals surface area (Å²) >= 11 is 0. The van der Waals surface area contributed by atoms with Crippen LogP contribution in [-0.2, 0) is 4.79 Å². The lowest BCUT2D eigenvalue weighted by atomic mass is 9.95. The molecule has 2 aromatic rings. The van der Waals surface area contributed by atoms with Gasteiger partial charge in [0.05, 0.1) is 0 Å². The number of carbonyl (C=O) groups is 1. The molecule has 2 saturated heterocycles. The Balaban J connectivity index is 0.00000182. The molecule has 132 valence electrons. The molecule has 1 spiro atoms. The van der Waals surface area contributed by atoms with Gasteiger partial charge in [-0.25, -0.2) is 4.39 Å². The van der Waals surface area contributed by atoms with E-state index in [0.29, 0.717) is 5.69 Å². The predicted molar refractivity (Wildman–Crippen MR) is 97.0 cm³/mol. The van der Waals surface area contributed by atoms with Crippen molar-refractivity contribution in [2.45, 2.75) is 30.8 Å². The molecule has 0 aliphatic carbocycles. The highest BCUT2D eigenvalue weighted by Crippen LogP contribution is 2.39. The van der Waals surface area contributed by atoms with Crippen LogP contribution in [0.3, 0.4) is 0 Å². The number of amides is 1. The molecular weight excluding hydrogens is 341 g/mol. The third kappa shape index (κ3) is 3.02. The summed E-state index contributed by atoms with van der Waals surface area (Å²) < 4.78 is 14.0. The van der Waals surface area contributed by atoms with E-state index in [1.807, 2.05) is 31.3 Å². The summed E-state index contributed by atoms with van der Waals surface area (Å²) in [6.07, 6.45) is 4.21. The van der Waals surface area contributed by atoms with E-state index in [9.17, 15) is 9.18 Å². The van der Waals surface area contributed by atoms with E-state index >= 15 is 0 Å². The number of likely N-dealkylation sites (N-methyl/N-ethyl adjacent to an activating group) is 1. The zero-order valence-corrected chi connectivity index (χ0v) is 14.9. The Morgan fingerprint density at radius 1 is 1.28 bits per heavy atom. The van der Waals surface area contributed by atoms with E-state index < -0.39 is 5.54 Å². The summed E-state index contributed by atoms with van der Waals surface area (Å²) in [4.78, 5) is 18.4. The fourth-order valence-electron chi connectivity index (χ4n) is 3.92. The van der Waals surface area contributed by atoms with Crippen LogP contribution >= 0.6 is 12.4 Å². The van der Waals surface area contributed by atoms with Crippen LogP contribution in [0.2, 0.25) is 0 Å². The van der Waals surface area contributed by atoms with Gasteiger partial charge in [-0.2, -0.15) is 0 Å². The van der Waals surface area contributed by atoms with Gasteiger partial charge in [0.25, 0.3) is 0 Å². The van der Waals surface area contributed by atoms with Gasteiger partial charge in [0.2, 0.25) is 5.91 Å². The molecule has 1 aromatic heterocycles. The zero-order chi connectivity index (χ0) is 16.7. The Morgan fingerprint density at radius 2 is 2.12 bits per heavy atom. The summed E-state index contributed by atoms with van der Waals surface area (Å²) in [5.41, 5.74) is 1.80. The molecule has 0 saturated carbocycles. The molecule has 2 atom stereocenters. The first kappa shape index (κ1) is 17.8. The molecule has 1 N–H and O–H groups in total. The first-order chi connectivity index (χ1) is 11.6. The standard InChI is InChI=1S/C19H20FN3O.ClH/c1-23-11-9-19(18(23)24)8-7-16(22-19)13-4-2-5-14(12-13)17-15(20)6-3-10-21-17;/h2-6,10,12,16,22H,7-9,11H2,1H3;1H/t16-,19+;/m1./s1. The van der Waals surface area contributed by atoms with Crippen LogP contribution in [0.1, 0.15) is 30.9 Å². The van der Waals surface area contributed by atoms with Gasteiger partial charge >= 0.3 is 0 Å². The number of halogens is 2. The SMILES string of the molecule is CN1CC[C@@]2(CC[C@H](c3cccc(-c4ncccc4F)c3)N2)C1=O.Cl. The highest BCUT2D eigenvalue weighted by molar-refractivity contribution is 5.88. The minimum absolute atomic E-state index is 0. The first-order valence-electron chi connectivity index (χ1n) is 8.33. The highest BCUT2D eigenvalue weighted by Gasteiger charge is 2.49. The van der Waals surface area contributed by atoms with E-state index in [1.54, 1.807) is 17.2 Å². The monoisotopic (exact) mass is 361 g/mol. The van der Waals surface area contributed by atoms with Crippen molar-refractivity contribution in [3.05, 3.63) is 54.0 Å². The van der Waals surface area contributed by atoms with Crippen LogP contribution < -0.4 is 5.32 Å². The summed E-state index contributed by atoms with van der Waals surface area (Å²) in [7, 11) is 1.86. The van der Waals surface area contributed by atoms with Crippen molar-refractivity contribution >= 4 is 18.3 Å². The Kier molecular flexibility index (Phi) is 4.80. The fraction of sp³-hybridized carbons (Fsp3) is 0.368. The van der Waals surface area contributed by atoms with Crippen molar-refractivity contribution in [2.75, 3.05) is 13.6 Å². The average molecular weight is 362 g/mol. The van der Waals surface area contributed by atoms with Crippen LogP contribution in [0.15, 0.2) is 42.6 Å². The van der Waals surface area contributed by atoms with Gasteiger partial charge in [0, 0.05) is 31.4 Å². The highest BCUT2D eigenvalue weighted by atomic mass is 35.5. The van der Waals surface area contributed by atoms with Crippen molar-refractivity contribution in [1.29, 1.82) is 0 Å². The maximum Gasteiger partial charge on any atom is 0.242 e. The zero-order valence-electron chi connectivity index (χ0n) is 14.0. The van der Waals surface area contributed by atoms with E-state index in [2.05, 4.69) is 10.3 Å². The van der Waals surface area contributed by atoms with Crippen LogP contribution in [-0.4, -0.2) is 34.9 Å². The van der Waals surface area contributed by atoms with E-state index in [4.69, 9.17) is 0 Å². The summed E-state index contributed by atoms with van der Waals surface area (Å²) in [5.74, 6) is -0.130. The molecule has 6 heteroatoms. The number of nitrogens with one attached hydrogen (secondary N) is 1. The Bertz CT molecular complexity index is 800. The number of rotatable bonds is 2. The number of aromatic nitrogens is 1. The van der Waals surface area contributed by atoms with Crippen molar-refractivity contribution in [1.82, 2.24) is 15.2 Å². The minimum atomic E-state index is -0.411. The number of hydrogen-bond acceptors (Lipinski definition) is 3. The molecule has 3 heterocycles. The van der Waals surface area contributed by atoms with Gasteiger partial charge in [-0.1, -0.05) is 18.2 Å². The molecule has 0 radical (unpaired) electrons. The third-order valence-electron chi connectivity index (χ3n) is 5.26. The number of hydrogen-bond donors (Lipinski definition) is 1. The van der Waals surface area contributed by atoms with Crippen molar-refractivity contribution in [3.63, 3.8) is 0 Å². The molecule has 4 rings (SSSR count). The van der Waals surface area contributed by atoms with Crippen LogP contribution in [0.25, 0.3) is 11.3 Å². The molecule has 25 heavy (non-hydrogen) atoms. The van der Waals surface area contributed by atoms with Gasteiger partial charge < -0.3 is 4.90 Å². The van der Waals surface area contributed by atoms with Crippen LogP contribution in [0.5, 0.6) is 0 Å². The summed E-state index contributed by atoms with van der Waals surface area (Å²) in [5, 5.41) is 3.55. The van der Waals surface area contributed by atoms with E-state index in [1.165, 1.54) is 6.07 Å². The number of benzene rings is 1. The van der Waals surface area contributed by atoms with E-state index in [0.717, 1.165) is 36.9 Å². The maximum absolute atomic E-state index is 14.0. The van der Waals surface area contributed by atoms with Crippen molar-refractivity contribution in [3.8, 4) is 11.3 Å². The number of nitrogens with zero attached hydrogens (tertiary/aromatic N) is 2. The number of likely N-dealkylation sites (tertiary alicyclic amines) is 1. The van der Waals surface area contributed by atoms with E-state index in [-0.39, 0.29) is 30.2 Å². The minimum Gasteiger partial charge on any atom is -0.344 e. The van der Waals surface area contributed by atoms with Gasteiger partial charge in [0.1, 0.15) is 17.1 Å². The van der Waals surface area contributed by atoms with Crippen LogP contribution in [0, 0.1) is 5.82 Å². The second-order valence-corrected chi connectivity index (χ2v) is 6.75. The smallest absolute Gasteiger partial charge is 0.242 e. The molecule has 4 nitrogen and oxygen atoms in total. The largest absolute Gasteiger partial charge is 0.344 e. The second-order valence-electron chi connectivity index (χ2n) is 6.75. The Labute approximate surface area is 152 Å². The lowest BCUT2D eigenvalue weighted by molar-refractivity contribution is -0.131. The van der Waals surface area contributed by atoms with Gasteiger partial charge in [-0.3, -0.25) is 15.1 Å². The predicted octanol–water partition coefficient (Wildman–Crippen LogP) is 3.33. The molecule has 1 amide bonds. The summed E-state index contributed by atoms with van der Waals surface area (Å²) in [6, 6.07) is 10.9. The Morgan fingerprint density at radius 3 is 2.84 bits per heavy atom. The average Bonchev–Trinajstić information content (AvgIpc) is 3.16. The molecule has 2 aliphatic rings. The third-order valence-corrected chi connectivity index (χ3v) is 5.26. The van der Waals surface area contributed by atoms with Crippen molar-refractivity contribution < 1.29 is 9.18 Å². The molecule has 0 unspecified atom stereocenters.